The van der Waals surface area contributed by atoms with Gasteiger partial charge in [-0.05, 0) is 33.4 Å². The summed E-state index contributed by atoms with van der Waals surface area (Å²) in [6.45, 7) is 8.56. The minimum Gasteiger partial charge on any atom is -0.487 e. The van der Waals surface area contributed by atoms with Crippen LogP contribution in [-0.4, -0.2) is 30.2 Å². The number of likely N-dealkylation sites (N-methyl/N-ethyl adjacent to an activating group) is 1. The normalized spacial score (nSPS) is 18.5. The van der Waals surface area contributed by atoms with E-state index in [-0.39, 0.29) is 12.2 Å². The zero-order valence-electron chi connectivity index (χ0n) is 13.2. The Balaban J connectivity index is 2.15. The van der Waals surface area contributed by atoms with Crippen LogP contribution in [0.1, 0.15) is 33.3 Å². The summed E-state index contributed by atoms with van der Waals surface area (Å²) in [5.74, 6) is 0.993. The molecule has 1 aromatic carbocycles. The number of ether oxygens (including phenoxy) is 2. The van der Waals surface area contributed by atoms with E-state index >= 15 is 0 Å². The molecule has 1 aromatic rings. The van der Waals surface area contributed by atoms with Crippen molar-refractivity contribution >= 4 is 5.91 Å². The monoisotopic (exact) mass is 292 g/mol. The molecule has 0 saturated carbocycles. The molecule has 21 heavy (non-hydrogen) atoms. The van der Waals surface area contributed by atoms with Gasteiger partial charge in [0, 0.05) is 12.0 Å². The number of primary amides is 1. The van der Waals surface area contributed by atoms with Crippen molar-refractivity contribution in [1.82, 2.24) is 5.32 Å². The second kappa shape index (κ2) is 5.56. The maximum atomic E-state index is 11.6. The third-order valence-electron chi connectivity index (χ3n) is 3.68. The summed E-state index contributed by atoms with van der Waals surface area (Å²) in [5.41, 5.74) is 5.47. The van der Waals surface area contributed by atoms with Gasteiger partial charge >= 0.3 is 0 Å². The second-order valence-electron chi connectivity index (χ2n) is 6.30. The van der Waals surface area contributed by atoms with Crippen molar-refractivity contribution in [2.75, 3.05) is 13.2 Å². The molecule has 1 amide bonds. The Morgan fingerprint density at radius 2 is 2.24 bits per heavy atom. The van der Waals surface area contributed by atoms with E-state index in [1.54, 1.807) is 6.92 Å². The number of hydrogen-bond donors (Lipinski definition) is 2. The quantitative estimate of drug-likeness (QED) is 0.836. The first-order valence-electron chi connectivity index (χ1n) is 7.26. The van der Waals surface area contributed by atoms with Crippen LogP contribution in [0.2, 0.25) is 0 Å². The topological polar surface area (TPSA) is 73.6 Å². The summed E-state index contributed by atoms with van der Waals surface area (Å²) < 4.78 is 11.8. The average Bonchev–Trinajstić information content (AvgIpc) is 2.70. The van der Waals surface area contributed by atoms with Crippen molar-refractivity contribution in [3.8, 4) is 11.5 Å². The van der Waals surface area contributed by atoms with Crippen molar-refractivity contribution in [2.45, 2.75) is 45.3 Å². The van der Waals surface area contributed by atoms with Crippen LogP contribution in [0.25, 0.3) is 0 Å². The fraction of sp³-hybridized carbons (Fsp3) is 0.562. The van der Waals surface area contributed by atoms with Crippen LogP contribution < -0.4 is 20.5 Å². The third kappa shape index (κ3) is 3.29. The number of benzene rings is 1. The highest BCUT2D eigenvalue weighted by Crippen LogP contribution is 2.41. The molecule has 1 aliphatic rings. The predicted octanol–water partition coefficient (Wildman–Crippen LogP) is 1.63. The van der Waals surface area contributed by atoms with Gasteiger partial charge in [0.15, 0.2) is 11.5 Å². The summed E-state index contributed by atoms with van der Waals surface area (Å²) in [6.07, 6.45) is 0.847. The Kier molecular flexibility index (Phi) is 4.14. The number of hydrogen-bond acceptors (Lipinski definition) is 4. The highest BCUT2D eigenvalue weighted by Gasteiger charge is 2.34. The van der Waals surface area contributed by atoms with Gasteiger partial charge in [0.05, 0.1) is 0 Å². The van der Waals surface area contributed by atoms with E-state index in [4.69, 9.17) is 15.2 Å². The van der Waals surface area contributed by atoms with Gasteiger partial charge in [0.25, 0.3) is 0 Å². The molecule has 0 bridgehead atoms. The Bertz CT molecular complexity index is 542. The van der Waals surface area contributed by atoms with Gasteiger partial charge in [0.1, 0.15) is 17.7 Å². The van der Waals surface area contributed by atoms with Gasteiger partial charge in [-0.15, -0.1) is 0 Å². The van der Waals surface area contributed by atoms with E-state index in [0.29, 0.717) is 12.3 Å². The molecule has 0 fully saturated rings. The molecule has 0 spiro atoms. The predicted molar refractivity (Wildman–Crippen MR) is 81.6 cm³/mol. The number of carbonyl (C=O) groups is 1. The fourth-order valence-corrected chi connectivity index (χ4v) is 2.52. The highest BCUT2D eigenvalue weighted by molar-refractivity contribution is 5.84. The molecule has 1 atom stereocenters. The number of carbonyl (C=O) groups excluding carboxylic acids is 1. The first-order chi connectivity index (χ1) is 9.77. The first-order valence-corrected chi connectivity index (χ1v) is 7.26. The summed E-state index contributed by atoms with van der Waals surface area (Å²) in [6, 6.07) is 5.83. The lowest BCUT2D eigenvalue weighted by molar-refractivity contribution is -0.124. The van der Waals surface area contributed by atoms with Crippen LogP contribution in [0.15, 0.2) is 18.2 Å². The summed E-state index contributed by atoms with van der Waals surface area (Å²) in [7, 11) is 0. The summed E-state index contributed by atoms with van der Waals surface area (Å²) >= 11 is 0. The molecule has 116 valence electrons. The van der Waals surface area contributed by atoms with Crippen LogP contribution in [-0.2, 0) is 11.2 Å². The van der Waals surface area contributed by atoms with E-state index in [0.717, 1.165) is 17.7 Å². The Morgan fingerprint density at radius 1 is 1.52 bits per heavy atom. The summed E-state index contributed by atoms with van der Waals surface area (Å²) in [4.78, 5) is 11.6. The maximum Gasteiger partial charge on any atom is 0.240 e. The SMILES string of the molecule is CCNC(C)(COc1cccc2c1OC(C)(C)C2)C(N)=O. The van der Waals surface area contributed by atoms with Crippen molar-refractivity contribution in [3.05, 3.63) is 23.8 Å². The lowest BCUT2D eigenvalue weighted by Gasteiger charge is -2.27. The van der Waals surface area contributed by atoms with E-state index in [9.17, 15) is 4.79 Å². The Labute approximate surface area is 125 Å². The number of fused-ring (bicyclic) bond motifs is 1. The van der Waals surface area contributed by atoms with Crippen LogP contribution in [0, 0.1) is 0 Å². The number of amides is 1. The number of nitrogens with one attached hydrogen (secondary N) is 1. The highest BCUT2D eigenvalue weighted by atomic mass is 16.5. The van der Waals surface area contributed by atoms with E-state index in [2.05, 4.69) is 5.32 Å². The minimum atomic E-state index is -0.897. The summed E-state index contributed by atoms with van der Waals surface area (Å²) in [5, 5.41) is 3.07. The number of nitrogens with two attached hydrogens (primary N) is 1. The van der Waals surface area contributed by atoms with Gasteiger partial charge < -0.3 is 20.5 Å². The van der Waals surface area contributed by atoms with Gasteiger partial charge in [-0.25, -0.2) is 0 Å². The second-order valence-corrected chi connectivity index (χ2v) is 6.30. The average molecular weight is 292 g/mol. The van der Waals surface area contributed by atoms with Crippen LogP contribution in [0.3, 0.4) is 0 Å². The van der Waals surface area contributed by atoms with Crippen molar-refractivity contribution < 1.29 is 14.3 Å². The zero-order valence-corrected chi connectivity index (χ0v) is 13.2. The van der Waals surface area contributed by atoms with Crippen molar-refractivity contribution in [1.29, 1.82) is 0 Å². The largest absolute Gasteiger partial charge is 0.487 e. The van der Waals surface area contributed by atoms with Crippen molar-refractivity contribution in [3.63, 3.8) is 0 Å². The molecule has 0 aliphatic carbocycles. The smallest absolute Gasteiger partial charge is 0.240 e. The Morgan fingerprint density at radius 3 is 2.86 bits per heavy atom. The molecule has 0 saturated heterocycles. The van der Waals surface area contributed by atoms with E-state index in [1.165, 1.54) is 0 Å². The molecule has 5 heteroatoms. The standard InChI is InChI=1S/C16H24N2O3/c1-5-18-16(4,14(17)19)10-20-12-8-6-7-11-9-15(2,3)21-13(11)12/h6-8,18H,5,9-10H2,1-4H3,(H2,17,19). The number of rotatable bonds is 6. The number of para-hydroxylation sites is 1. The van der Waals surface area contributed by atoms with Crippen molar-refractivity contribution in [2.24, 2.45) is 5.73 Å². The van der Waals surface area contributed by atoms with Crippen LogP contribution in [0.4, 0.5) is 0 Å². The van der Waals surface area contributed by atoms with Crippen LogP contribution >= 0.6 is 0 Å². The fourth-order valence-electron chi connectivity index (χ4n) is 2.52. The molecule has 1 unspecified atom stereocenters. The molecule has 0 aromatic heterocycles. The van der Waals surface area contributed by atoms with Gasteiger partial charge in [-0.1, -0.05) is 19.1 Å². The molecular weight excluding hydrogens is 268 g/mol. The molecule has 1 heterocycles. The van der Waals surface area contributed by atoms with Gasteiger partial charge in [0.2, 0.25) is 5.91 Å². The lowest BCUT2D eigenvalue weighted by atomic mass is 10.0. The minimum absolute atomic E-state index is 0.163. The molecule has 1 aliphatic heterocycles. The maximum absolute atomic E-state index is 11.6. The van der Waals surface area contributed by atoms with Gasteiger partial charge in [-0.2, -0.15) is 0 Å². The molecule has 0 radical (unpaired) electrons. The molecule has 3 N–H and O–H groups in total. The molecular formula is C16H24N2O3. The first kappa shape index (κ1) is 15.6. The van der Waals surface area contributed by atoms with E-state index < -0.39 is 11.4 Å². The van der Waals surface area contributed by atoms with E-state index in [1.807, 2.05) is 39.0 Å². The molecule has 2 rings (SSSR count). The zero-order chi connectivity index (χ0) is 15.7. The van der Waals surface area contributed by atoms with Gasteiger partial charge in [-0.3, -0.25) is 4.79 Å². The third-order valence-corrected chi connectivity index (χ3v) is 3.68. The molecule has 5 nitrogen and oxygen atoms in total. The van der Waals surface area contributed by atoms with Crippen LogP contribution in [0.5, 0.6) is 11.5 Å². The Hall–Kier alpha value is -1.75. The lowest BCUT2D eigenvalue weighted by Crippen LogP contribution is -2.57.